The van der Waals surface area contributed by atoms with E-state index in [9.17, 15) is 0 Å². The standard InChI is InChI=1S/C9H16O3/c1-4-5-7-8(6-10)12-9(2,3)11-7/h4,7-8,10H,1,5-6H2,2-3H3/t7-,8+/m1/s1. The zero-order valence-corrected chi connectivity index (χ0v) is 7.62. The highest BCUT2D eigenvalue weighted by molar-refractivity contribution is 4.86. The lowest BCUT2D eigenvalue weighted by atomic mass is 10.1. The third-order valence-corrected chi connectivity index (χ3v) is 1.86. The molecule has 0 spiro atoms. The summed E-state index contributed by atoms with van der Waals surface area (Å²) in [5.74, 6) is -0.568. The average Bonchev–Trinajstić information content (AvgIpc) is 2.26. The van der Waals surface area contributed by atoms with Crippen molar-refractivity contribution in [1.29, 1.82) is 0 Å². The number of rotatable bonds is 3. The molecule has 1 heterocycles. The van der Waals surface area contributed by atoms with E-state index in [0.29, 0.717) is 6.42 Å². The average molecular weight is 172 g/mol. The molecule has 1 aliphatic rings. The Morgan fingerprint density at radius 2 is 2.00 bits per heavy atom. The lowest BCUT2D eigenvalue weighted by Gasteiger charge is -2.16. The molecule has 2 atom stereocenters. The van der Waals surface area contributed by atoms with E-state index in [2.05, 4.69) is 6.58 Å². The zero-order chi connectivity index (χ0) is 9.19. The van der Waals surface area contributed by atoms with Gasteiger partial charge in [-0.15, -0.1) is 6.58 Å². The van der Waals surface area contributed by atoms with Crippen molar-refractivity contribution in [3.05, 3.63) is 12.7 Å². The fourth-order valence-corrected chi connectivity index (χ4v) is 1.43. The fraction of sp³-hybridized carbons (Fsp3) is 0.778. The highest BCUT2D eigenvalue weighted by Crippen LogP contribution is 2.29. The maximum absolute atomic E-state index is 8.96. The summed E-state index contributed by atoms with van der Waals surface area (Å²) in [6.07, 6.45) is 2.23. The van der Waals surface area contributed by atoms with E-state index in [1.165, 1.54) is 0 Å². The molecule has 1 rings (SSSR count). The van der Waals surface area contributed by atoms with Gasteiger partial charge in [0.1, 0.15) is 6.10 Å². The second-order valence-electron chi connectivity index (χ2n) is 3.42. The Morgan fingerprint density at radius 1 is 1.42 bits per heavy atom. The Balaban J connectivity index is 2.56. The summed E-state index contributed by atoms with van der Waals surface area (Å²) in [6, 6.07) is 0. The summed E-state index contributed by atoms with van der Waals surface area (Å²) in [6.45, 7) is 7.32. The molecular formula is C9H16O3. The first-order valence-electron chi connectivity index (χ1n) is 4.16. The largest absolute Gasteiger partial charge is 0.394 e. The van der Waals surface area contributed by atoms with E-state index in [0.717, 1.165) is 0 Å². The topological polar surface area (TPSA) is 38.7 Å². The van der Waals surface area contributed by atoms with Crippen LogP contribution in [0.2, 0.25) is 0 Å². The van der Waals surface area contributed by atoms with Gasteiger partial charge >= 0.3 is 0 Å². The molecule has 1 aliphatic heterocycles. The molecular weight excluding hydrogens is 156 g/mol. The van der Waals surface area contributed by atoms with Gasteiger partial charge in [0.2, 0.25) is 0 Å². The van der Waals surface area contributed by atoms with Crippen molar-refractivity contribution in [2.45, 2.75) is 38.3 Å². The number of aliphatic hydroxyl groups is 1. The lowest BCUT2D eigenvalue weighted by molar-refractivity contribution is -0.148. The number of aliphatic hydroxyl groups excluding tert-OH is 1. The third kappa shape index (κ3) is 2.06. The maximum Gasteiger partial charge on any atom is 0.163 e. The lowest BCUT2D eigenvalue weighted by Crippen LogP contribution is -2.25. The first kappa shape index (κ1) is 9.71. The summed E-state index contributed by atoms with van der Waals surface area (Å²) in [4.78, 5) is 0. The Kier molecular flexibility index (Phi) is 2.88. The predicted molar refractivity (Wildman–Crippen MR) is 45.7 cm³/mol. The number of hydrogen-bond donors (Lipinski definition) is 1. The molecule has 70 valence electrons. The van der Waals surface area contributed by atoms with Crippen LogP contribution in [0.3, 0.4) is 0 Å². The maximum atomic E-state index is 8.96. The van der Waals surface area contributed by atoms with E-state index in [1.54, 1.807) is 6.08 Å². The van der Waals surface area contributed by atoms with Gasteiger partial charge in [0.25, 0.3) is 0 Å². The zero-order valence-electron chi connectivity index (χ0n) is 7.62. The molecule has 0 aliphatic carbocycles. The van der Waals surface area contributed by atoms with Crippen LogP contribution in [0.5, 0.6) is 0 Å². The molecule has 0 aromatic rings. The molecule has 0 aromatic heterocycles. The van der Waals surface area contributed by atoms with Gasteiger partial charge in [0, 0.05) is 0 Å². The van der Waals surface area contributed by atoms with E-state index < -0.39 is 5.79 Å². The normalized spacial score (nSPS) is 33.6. The van der Waals surface area contributed by atoms with Crippen molar-refractivity contribution in [3.8, 4) is 0 Å². The van der Waals surface area contributed by atoms with Gasteiger partial charge in [-0.2, -0.15) is 0 Å². The van der Waals surface area contributed by atoms with Gasteiger partial charge in [-0.25, -0.2) is 0 Å². The van der Waals surface area contributed by atoms with Crippen molar-refractivity contribution >= 4 is 0 Å². The summed E-state index contributed by atoms with van der Waals surface area (Å²) < 4.78 is 11.0. The van der Waals surface area contributed by atoms with Gasteiger partial charge in [0.05, 0.1) is 12.7 Å². The first-order valence-corrected chi connectivity index (χ1v) is 4.16. The summed E-state index contributed by atoms with van der Waals surface area (Å²) in [5.41, 5.74) is 0. The Labute approximate surface area is 73.0 Å². The van der Waals surface area contributed by atoms with Gasteiger partial charge in [-0.3, -0.25) is 0 Å². The molecule has 3 heteroatoms. The van der Waals surface area contributed by atoms with Crippen molar-refractivity contribution in [1.82, 2.24) is 0 Å². The molecule has 3 nitrogen and oxygen atoms in total. The minimum atomic E-state index is -0.568. The molecule has 0 aromatic carbocycles. The van der Waals surface area contributed by atoms with Crippen LogP contribution in [-0.2, 0) is 9.47 Å². The third-order valence-electron chi connectivity index (χ3n) is 1.86. The van der Waals surface area contributed by atoms with Crippen LogP contribution in [0.25, 0.3) is 0 Å². The summed E-state index contributed by atoms with van der Waals surface area (Å²) >= 11 is 0. The molecule has 1 fully saturated rings. The number of hydrogen-bond acceptors (Lipinski definition) is 3. The second-order valence-corrected chi connectivity index (χ2v) is 3.42. The SMILES string of the molecule is C=CC[C@H]1OC(C)(C)O[C@H]1CO. The monoisotopic (exact) mass is 172 g/mol. The van der Waals surface area contributed by atoms with Gasteiger partial charge in [-0.05, 0) is 20.3 Å². The van der Waals surface area contributed by atoms with Crippen LogP contribution in [0.4, 0.5) is 0 Å². The van der Waals surface area contributed by atoms with E-state index >= 15 is 0 Å². The number of ether oxygens (including phenoxy) is 2. The second kappa shape index (κ2) is 3.56. The van der Waals surface area contributed by atoms with Gasteiger partial charge < -0.3 is 14.6 Å². The molecule has 0 bridgehead atoms. The van der Waals surface area contributed by atoms with Crippen LogP contribution >= 0.6 is 0 Å². The van der Waals surface area contributed by atoms with Crippen molar-refractivity contribution < 1.29 is 14.6 Å². The molecule has 0 amide bonds. The van der Waals surface area contributed by atoms with Crippen molar-refractivity contribution in [3.63, 3.8) is 0 Å². The highest BCUT2D eigenvalue weighted by Gasteiger charge is 2.39. The van der Waals surface area contributed by atoms with Crippen molar-refractivity contribution in [2.75, 3.05) is 6.61 Å². The smallest absolute Gasteiger partial charge is 0.163 e. The summed E-state index contributed by atoms with van der Waals surface area (Å²) in [5, 5.41) is 8.96. The molecule has 1 N–H and O–H groups in total. The Hall–Kier alpha value is -0.380. The molecule has 0 saturated carbocycles. The quantitative estimate of drug-likeness (QED) is 0.647. The fourth-order valence-electron chi connectivity index (χ4n) is 1.43. The van der Waals surface area contributed by atoms with Crippen molar-refractivity contribution in [2.24, 2.45) is 0 Å². The van der Waals surface area contributed by atoms with Gasteiger partial charge in [0.15, 0.2) is 5.79 Å². The van der Waals surface area contributed by atoms with Crippen LogP contribution in [0, 0.1) is 0 Å². The van der Waals surface area contributed by atoms with Crippen LogP contribution in [0.15, 0.2) is 12.7 Å². The molecule has 0 unspecified atom stereocenters. The van der Waals surface area contributed by atoms with E-state index in [-0.39, 0.29) is 18.8 Å². The van der Waals surface area contributed by atoms with E-state index in [1.807, 2.05) is 13.8 Å². The van der Waals surface area contributed by atoms with Gasteiger partial charge in [-0.1, -0.05) is 6.08 Å². The van der Waals surface area contributed by atoms with Crippen LogP contribution in [-0.4, -0.2) is 29.7 Å². The van der Waals surface area contributed by atoms with E-state index in [4.69, 9.17) is 14.6 Å². The Morgan fingerprint density at radius 3 is 2.50 bits per heavy atom. The minimum Gasteiger partial charge on any atom is -0.394 e. The molecule has 0 radical (unpaired) electrons. The molecule has 1 saturated heterocycles. The van der Waals surface area contributed by atoms with Crippen LogP contribution in [0.1, 0.15) is 20.3 Å². The Bertz CT molecular complexity index is 165. The first-order chi connectivity index (χ1) is 5.59. The molecule has 12 heavy (non-hydrogen) atoms. The van der Waals surface area contributed by atoms with Crippen LogP contribution < -0.4 is 0 Å². The predicted octanol–water partition coefficient (Wildman–Crippen LogP) is 1.07. The summed E-state index contributed by atoms with van der Waals surface area (Å²) in [7, 11) is 0. The highest BCUT2D eigenvalue weighted by atomic mass is 16.8. The minimum absolute atomic E-state index is 0.00192.